The first kappa shape index (κ1) is 14.4. The molecule has 100 valence electrons. The van der Waals surface area contributed by atoms with Crippen LogP contribution < -0.4 is 11.1 Å². The van der Waals surface area contributed by atoms with Crippen LogP contribution in [-0.2, 0) is 0 Å². The smallest absolute Gasteiger partial charge is 0.336 e. The second-order valence-electron chi connectivity index (χ2n) is 4.06. The normalized spacial score (nSPS) is 14.2. The van der Waals surface area contributed by atoms with Crippen LogP contribution in [0.4, 0.5) is 5.69 Å². The summed E-state index contributed by atoms with van der Waals surface area (Å²) < 4.78 is 0. The van der Waals surface area contributed by atoms with Gasteiger partial charge in [-0.3, -0.25) is 0 Å². The molecule has 2 unspecified atom stereocenters. The summed E-state index contributed by atoms with van der Waals surface area (Å²) in [6, 6.07) is 4.19. The quantitative estimate of drug-likeness (QED) is 0.455. The highest BCUT2D eigenvalue weighted by Gasteiger charge is 2.23. The average molecular weight is 254 g/mol. The molecule has 18 heavy (non-hydrogen) atoms. The fourth-order valence-corrected chi connectivity index (χ4v) is 1.67. The number of aliphatic hydroxyl groups excluding tert-OH is 2. The minimum atomic E-state index is -1.25. The van der Waals surface area contributed by atoms with Crippen molar-refractivity contribution in [3.05, 3.63) is 29.3 Å². The Labute approximate surface area is 105 Å². The van der Waals surface area contributed by atoms with Crippen molar-refractivity contribution in [2.45, 2.75) is 18.6 Å². The predicted molar refractivity (Wildman–Crippen MR) is 67.3 cm³/mol. The number of nitrogens with two attached hydrogens (primary N) is 1. The fourth-order valence-electron chi connectivity index (χ4n) is 1.67. The summed E-state index contributed by atoms with van der Waals surface area (Å²) >= 11 is 0. The molecular formula is C12H18N2O4. The van der Waals surface area contributed by atoms with E-state index in [1.165, 1.54) is 18.2 Å². The maximum Gasteiger partial charge on any atom is 0.336 e. The van der Waals surface area contributed by atoms with Crippen molar-refractivity contribution < 1.29 is 20.1 Å². The van der Waals surface area contributed by atoms with E-state index in [0.717, 1.165) is 0 Å². The van der Waals surface area contributed by atoms with E-state index in [9.17, 15) is 15.0 Å². The highest BCUT2D eigenvalue weighted by molar-refractivity contribution is 5.90. The van der Waals surface area contributed by atoms with Gasteiger partial charge in [-0.05, 0) is 37.7 Å². The zero-order valence-corrected chi connectivity index (χ0v) is 10.1. The second kappa shape index (κ2) is 6.34. The number of carboxylic acids is 1. The molecule has 1 aromatic rings. The molecule has 0 aromatic heterocycles. The Morgan fingerprint density at radius 1 is 1.44 bits per heavy atom. The van der Waals surface area contributed by atoms with Crippen LogP contribution in [0.5, 0.6) is 0 Å². The highest BCUT2D eigenvalue weighted by Crippen LogP contribution is 2.24. The Balaban J connectivity index is 2.97. The van der Waals surface area contributed by atoms with Gasteiger partial charge in [-0.1, -0.05) is 6.07 Å². The van der Waals surface area contributed by atoms with Crippen LogP contribution >= 0.6 is 0 Å². The number of benzene rings is 1. The van der Waals surface area contributed by atoms with Crippen molar-refractivity contribution >= 4 is 11.7 Å². The molecule has 0 fully saturated rings. The third-order valence-corrected chi connectivity index (χ3v) is 2.68. The van der Waals surface area contributed by atoms with E-state index in [-0.39, 0.29) is 11.1 Å². The molecule has 1 aromatic carbocycles. The molecule has 0 amide bonds. The highest BCUT2D eigenvalue weighted by atomic mass is 16.4. The Morgan fingerprint density at radius 2 is 2.11 bits per heavy atom. The molecule has 2 atom stereocenters. The van der Waals surface area contributed by atoms with Gasteiger partial charge in [-0.2, -0.15) is 0 Å². The Kier molecular flexibility index (Phi) is 5.08. The zero-order chi connectivity index (χ0) is 13.7. The molecule has 0 aliphatic heterocycles. The number of aromatic carboxylic acids is 1. The number of aliphatic hydroxyl groups is 2. The van der Waals surface area contributed by atoms with Gasteiger partial charge >= 0.3 is 5.97 Å². The zero-order valence-electron chi connectivity index (χ0n) is 10.1. The van der Waals surface area contributed by atoms with E-state index in [1.807, 2.05) is 0 Å². The Bertz CT molecular complexity index is 423. The van der Waals surface area contributed by atoms with Gasteiger partial charge in [0.25, 0.3) is 0 Å². The van der Waals surface area contributed by atoms with Crippen LogP contribution in [0, 0.1) is 0 Å². The van der Waals surface area contributed by atoms with Gasteiger partial charge in [-0.15, -0.1) is 0 Å². The molecule has 0 radical (unpaired) electrons. The monoisotopic (exact) mass is 254 g/mol. The molecule has 0 aliphatic carbocycles. The molecule has 6 heteroatoms. The topological polar surface area (TPSA) is 116 Å². The predicted octanol–water partition coefficient (Wildman–Crippen LogP) is -0.0292. The molecule has 0 bridgehead atoms. The third kappa shape index (κ3) is 3.43. The van der Waals surface area contributed by atoms with Crippen LogP contribution in [-0.4, -0.2) is 41.0 Å². The summed E-state index contributed by atoms with van der Waals surface area (Å²) in [5.41, 5.74) is 5.88. The first-order chi connectivity index (χ1) is 8.47. The summed E-state index contributed by atoms with van der Waals surface area (Å²) in [7, 11) is 1.73. The largest absolute Gasteiger partial charge is 0.478 e. The van der Waals surface area contributed by atoms with Crippen molar-refractivity contribution in [1.82, 2.24) is 5.32 Å². The first-order valence-electron chi connectivity index (χ1n) is 5.60. The molecule has 0 aliphatic rings. The first-order valence-corrected chi connectivity index (χ1v) is 5.60. The Morgan fingerprint density at radius 3 is 2.67 bits per heavy atom. The SMILES string of the molecule is CNCCC(O)C(O)c1ccc(N)cc1C(=O)O. The van der Waals surface area contributed by atoms with Crippen molar-refractivity contribution in [1.29, 1.82) is 0 Å². The average Bonchev–Trinajstić information content (AvgIpc) is 2.34. The van der Waals surface area contributed by atoms with Gasteiger partial charge in [-0.25, -0.2) is 4.79 Å². The summed E-state index contributed by atoms with van der Waals surface area (Å²) in [5, 5.41) is 31.6. The van der Waals surface area contributed by atoms with E-state index < -0.39 is 18.2 Å². The minimum absolute atomic E-state index is 0.0917. The lowest BCUT2D eigenvalue weighted by molar-refractivity contribution is 0.0131. The summed E-state index contributed by atoms with van der Waals surface area (Å²) in [4.78, 5) is 11.1. The number of hydrogen-bond donors (Lipinski definition) is 5. The molecule has 0 heterocycles. The van der Waals surface area contributed by atoms with Gasteiger partial charge in [0.05, 0.1) is 11.7 Å². The third-order valence-electron chi connectivity index (χ3n) is 2.68. The summed E-state index contributed by atoms with van der Waals surface area (Å²) in [6.45, 7) is 0.523. The standard InChI is InChI=1S/C12H18N2O4/c1-14-5-4-10(15)11(16)8-3-2-7(13)6-9(8)12(17)18/h2-3,6,10-11,14-16H,4-5,13H2,1H3,(H,17,18). The van der Waals surface area contributed by atoms with Crippen molar-refractivity contribution in [2.75, 3.05) is 19.3 Å². The van der Waals surface area contributed by atoms with Gasteiger partial charge in [0, 0.05) is 5.69 Å². The minimum Gasteiger partial charge on any atom is -0.478 e. The lowest BCUT2D eigenvalue weighted by atomic mass is 9.96. The van der Waals surface area contributed by atoms with E-state index in [4.69, 9.17) is 10.8 Å². The molecule has 0 spiro atoms. The molecule has 6 N–H and O–H groups in total. The van der Waals surface area contributed by atoms with Gasteiger partial charge in [0.2, 0.25) is 0 Å². The number of rotatable bonds is 6. The maximum atomic E-state index is 11.1. The van der Waals surface area contributed by atoms with Crippen LogP contribution in [0.15, 0.2) is 18.2 Å². The van der Waals surface area contributed by atoms with Gasteiger partial charge in [0.1, 0.15) is 6.10 Å². The lowest BCUT2D eigenvalue weighted by Crippen LogP contribution is -2.24. The van der Waals surface area contributed by atoms with Crippen molar-refractivity contribution in [3.63, 3.8) is 0 Å². The maximum absolute atomic E-state index is 11.1. The molecule has 0 saturated heterocycles. The lowest BCUT2D eigenvalue weighted by Gasteiger charge is -2.19. The van der Waals surface area contributed by atoms with Gasteiger partial charge in [0.15, 0.2) is 0 Å². The van der Waals surface area contributed by atoms with Crippen LogP contribution in [0.2, 0.25) is 0 Å². The van der Waals surface area contributed by atoms with E-state index in [2.05, 4.69) is 5.32 Å². The van der Waals surface area contributed by atoms with E-state index in [0.29, 0.717) is 18.7 Å². The van der Waals surface area contributed by atoms with Crippen molar-refractivity contribution in [2.24, 2.45) is 0 Å². The summed E-state index contributed by atoms with van der Waals surface area (Å²) in [5.74, 6) is -1.18. The number of carbonyl (C=O) groups is 1. The fraction of sp³-hybridized carbons (Fsp3) is 0.417. The number of carboxylic acid groups (broad SMARTS) is 1. The molecular weight excluding hydrogens is 236 g/mol. The van der Waals surface area contributed by atoms with Crippen molar-refractivity contribution in [3.8, 4) is 0 Å². The number of hydrogen-bond acceptors (Lipinski definition) is 5. The number of nitrogens with one attached hydrogen (secondary N) is 1. The Hall–Kier alpha value is -1.63. The summed E-state index contributed by atoms with van der Waals surface area (Å²) in [6.07, 6.45) is -1.95. The van der Waals surface area contributed by atoms with Crippen LogP contribution in [0.25, 0.3) is 0 Å². The van der Waals surface area contributed by atoms with Crippen LogP contribution in [0.3, 0.4) is 0 Å². The molecule has 6 nitrogen and oxygen atoms in total. The molecule has 1 rings (SSSR count). The molecule has 0 saturated carbocycles. The van der Waals surface area contributed by atoms with Crippen LogP contribution in [0.1, 0.15) is 28.4 Å². The second-order valence-corrected chi connectivity index (χ2v) is 4.06. The number of nitrogen functional groups attached to an aromatic ring is 1. The number of anilines is 1. The van der Waals surface area contributed by atoms with E-state index >= 15 is 0 Å². The van der Waals surface area contributed by atoms with E-state index in [1.54, 1.807) is 7.05 Å². The van der Waals surface area contributed by atoms with Gasteiger partial charge < -0.3 is 26.4 Å².